The molecular weight excluding hydrogens is 306 g/mol. The SMILES string of the molecule is C(=C\c1nc2ccccc2s1)/c1ccc(-c2ccccc2)s1. The second-order valence-electron chi connectivity index (χ2n) is 4.92. The molecule has 106 valence electrons. The van der Waals surface area contributed by atoms with Gasteiger partial charge in [-0.1, -0.05) is 42.5 Å². The fourth-order valence-electron chi connectivity index (χ4n) is 2.31. The average molecular weight is 319 g/mol. The van der Waals surface area contributed by atoms with E-state index in [0.717, 1.165) is 10.5 Å². The van der Waals surface area contributed by atoms with Gasteiger partial charge in [0.2, 0.25) is 0 Å². The molecule has 0 bridgehead atoms. The highest BCUT2D eigenvalue weighted by molar-refractivity contribution is 7.19. The topological polar surface area (TPSA) is 12.9 Å². The lowest BCUT2D eigenvalue weighted by molar-refractivity contribution is 1.47. The third kappa shape index (κ3) is 2.73. The maximum atomic E-state index is 4.63. The molecule has 0 fully saturated rings. The number of hydrogen-bond donors (Lipinski definition) is 0. The molecule has 0 amide bonds. The molecule has 0 saturated carbocycles. The Bertz CT molecular complexity index is 899. The van der Waals surface area contributed by atoms with Crippen molar-refractivity contribution < 1.29 is 0 Å². The second kappa shape index (κ2) is 5.87. The Labute approximate surface area is 137 Å². The molecule has 3 heteroatoms. The zero-order valence-corrected chi connectivity index (χ0v) is 13.4. The summed E-state index contributed by atoms with van der Waals surface area (Å²) < 4.78 is 1.23. The third-order valence-electron chi connectivity index (χ3n) is 3.39. The van der Waals surface area contributed by atoms with Gasteiger partial charge in [-0.25, -0.2) is 4.98 Å². The average Bonchev–Trinajstić information content (AvgIpc) is 3.20. The fraction of sp³-hybridized carbons (Fsp3) is 0. The number of hydrogen-bond acceptors (Lipinski definition) is 3. The molecule has 0 radical (unpaired) electrons. The predicted octanol–water partition coefficient (Wildman–Crippen LogP) is 6.20. The molecule has 0 aliphatic rings. The van der Waals surface area contributed by atoms with E-state index < -0.39 is 0 Å². The van der Waals surface area contributed by atoms with Crippen LogP contribution in [0.4, 0.5) is 0 Å². The zero-order valence-electron chi connectivity index (χ0n) is 11.8. The van der Waals surface area contributed by atoms with E-state index in [1.54, 1.807) is 22.7 Å². The minimum atomic E-state index is 1.05. The van der Waals surface area contributed by atoms with Gasteiger partial charge in [-0.2, -0.15) is 0 Å². The zero-order chi connectivity index (χ0) is 14.8. The van der Waals surface area contributed by atoms with Crippen LogP contribution < -0.4 is 0 Å². The van der Waals surface area contributed by atoms with Crippen molar-refractivity contribution in [2.24, 2.45) is 0 Å². The normalized spacial score (nSPS) is 11.5. The van der Waals surface area contributed by atoms with Crippen molar-refractivity contribution in [2.45, 2.75) is 0 Å². The van der Waals surface area contributed by atoms with E-state index in [2.05, 4.69) is 71.7 Å². The van der Waals surface area contributed by atoms with Crippen molar-refractivity contribution in [1.29, 1.82) is 0 Å². The van der Waals surface area contributed by atoms with Crippen LogP contribution in [0.2, 0.25) is 0 Å². The number of thiazole rings is 1. The molecule has 0 spiro atoms. The van der Waals surface area contributed by atoms with Crippen LogP contribution in [-0.2, 0) is 0 Å². The Morgan fingerprint density at radius 2 is 1.55 bits per heavy atom. The standard InChI is InChI=1S/C19H13NS2/c1-2-6-14(7-3-1)17-12-10-15(21-17)11-13-19-20-16-8-4-5-9-18(16)22-19/h1-13H/b13-11+. The number of benzene rings is 2. The van der Waals surface area contributed by atoms with Crippen LogP contribution in [0, 0.1) is 0 Å². The fourth-order valence-corrected chi connectivity index (χ4v) is 4.10. The molecule has 0 aliphatic carbocycles. The van der Waals surface area contributed by atoms with Gasteiger partial charge in [0, 0.05) is 9.75 Å². The largest absolute Gasteiger partial charge is 0.237 e. The molecule has 0 N–H and O–H groups in total. The first kappa shape index (κ1) is 13.4. The summed E-state index contributed by atoms with van der Waals surface area (Å²) in [6.07, 6.45) is 4.25. The molecule has 0 unspecified atom stereocenters. The van der Waals surface area contributed by atoms with Gasteiger partial charge in [0.1, 0.15) is 5.01 Å². The van der Waals surface area contributed by atoms with E-state index in [0.29, 0.717) is 0 Å². The number of aromatic nitrogens is 1. The number of rotatable bonds is 3. The summed E-state index contributed by atoms with van der Waals surface area (Å²) in [5, 5.41) is 1.05. The molecule has 0 saturated heterocycles. The lowest BCUT2D eigenvalue weighted by atomic mass is 10.2. The molecule has 4 aromatic rings. The molecule has 22 heavy (non-hydrogen) atoms. The quantitative estimate of drug-likeness (QED) is 0.438. The van der Waals surface area contributed by atoms with Crippen LogP contribution in [0.1, 0.15) is 9.88 Å². The van der Waals surface area contributed by atoms with Gasteiger partial charge in [-0.05, 0) is 42.0 Å². The van der Waals surface area contributed by atoms with Crippen LogP contribution >= 0.6 is 22.7 Å². The van der Waals surface area contributed by atoms with Crippen LogP contribution in [-0.4, -0.2) is 4.98 Å². The minimum Gasteiger partial charge on any atom is -0.237 e. The summed E-state index contributed by atoms with van der Waals surface area (Å²) in [4.78, 5) is 7.17. The Morgan fingerprint density at radius 1 is 0.727 bits per heavy atom. The molecule has 4 rings (SSSR count). The van der Waals surface area contributed by atoms with Crippen molar-refractivity contribution in [3.63, 3.8) is 0 Å². The second-order valence-corrected chi connectivity index (χ2v) is 7.10. The van der Waals surface area contributed by atoms with E-state index in [4.69, 9.17) is 0 Å². The van der Waals surface area contributed by atoms with Gasteiger partial charge in [-0.3, -0.25) is 0 Å². The molecule has 2 aromatic carbocycles. The van der Waals surface area contributed by atoms with Crippen molar-refractivity contribution in [3.8, 4) is 10.4 Å². The maximum Gasteiger partial charge on any atom is 0.117 e. The van der Waals surface area contributed by atoms with Gasteiger partial charge in [-0.15, -0.1) is 22.7 Å². The van der Waals surface area contributed by atoms with Crippen molar-refractivity contribution in [2.75, 3.05) is 0 Å². The van der Waals surface area contributed by atoms with Gasteiger partial charge in [0.05, 0.1) is 10.2 Å². The summed E-state index contributed by atoms with van der Waals surface area (Å²) in [5.74, 6) is 0. The monoisotopic (exact) mass is 319 g/mol. The molecule has 0 atom stereocenters. The van der Waals surface area contributed by atoms with E-state index in [-0.39, 0.29) is 0 Å². The Hall–Kier alpha value is -2.23. The summed E-state index contributed by atoms with van der Waals surface area (Å²) in [5.41, 5.74) is 2.34. The molecule has 2 heterocycles. The summed E-state index contributed by atoms with van der Waals surface area (Å²) in [7, 11) is 0. The number of para-hydroxylation sites is 1. The molecule has 1 nitrogen and oxygen atoms in total. The molecule has 0 aliphatic heterocycles. The highest BCUT2D eigenvalue weighted by Gasteiger charge is 2.02. The first-order chi connectivity index (χ1) is 10.9. The van der Waals surface area contributed by atoms with Crippen LogP contribution in [0.3, 0.4) is 0 Å². The Balaban J connectivity index is 1.59. The Kier molecular flexibility index (Phi) is 3.59. The molecule has 2 aromatic heterocycles. The van der Waals surface area contributed by atoms with Gasteiger partial charge >= 0.3 is 0 Å². The number of nitrogens with zero attached hydrogens (tertiary/aromatic N) is 1. The summed E-state index contributed by atoms with van der Waals surface area (Å²) in [6.45, 7) is 0. The van der Waals surface area contributed by atoms with E-state index >= 15 is 0 Å². The van der Waals surface area contributed by atoms with Crippen molar-refractivity contribution in [3.05, 3.63) is 76.6 Å². The van der Waals surface area contributed by atoms with Crippen LogP contribution in [0.25, 0.3) is 32.8 Å². The van der Waals surface area contributed by atoms with Crippen LogP contribution in [0.15, 0.2) is 66.7 Å². The predicted molar refractivity (Wildman–Crippen MR) is 98.3 cm³/mol. The molecular formula is C19H13NS2. The van der Waals surface area contributed by atoms with Crippen LogP contribution in [0.5, 0.6) is 0 Å². The first-order valence-electron chi connectivity index (χ1n) is 7.07. The summed E-state index contributed by atoms with van der Waals surface area (Å²) in [6, 6.07) is 23.1. The van der Waals surface area contributed by atoms with Gasteiger partial charge in [0.15, 0.2) is 0 Å². The van der Waals surface area contributed by atoms with Gasteiger partial charge in [0.25, 0.3) is 0 Å². The lowest BCUT2D eigenvalue weighted by Crippen LogP contribution is -1.68. The van der Waals surface area contributed by atoms with E-state index in [1.165, 1.54) is 20.0 Å². The van der Waals surface area contributed by atoms with Gasteiger partial charge < -0.3 is 0 Å². The first-order valence-corrected chi connectivity index (χ1v) is 8.71. The van der Waals surface area contributed by atoms with E-state index in [1.807, 2.05) is 12.1 Å². The third-order valence-corrected chi connectivity index (χ3v) is 5.49. The number of thiophene rings is 1. The highest BCUT2D eigenvalue weighted by Crippen LogP contribution is 2.29. The minimum absolute atomic E-state index is 1.05. The van der Waals surface area contributed by atoms with E-state index in [9.17, 15) is 0 Å². The Morgan fingerprint density at radius 3 is 2.41 bits per heavy atom. The highest BCUT2D eigenvalue weighted by atomic mass is 32.1. The van der Waals surface area contributed by atoms with Crippen molar-refractivity contribution in [1.82, 2.24) is 4.98 Å². The summed E-state index contributed by atoms with van der Waals surface area (Å²) >= 11 is 3.53. The maximum absolute atomic E-state index is 4.63. The van der Waals surface area contributed by atoms with Crippen molar-refractivity contribution >= 4 is 45.0 Å². The smallest absolute Gasteiger partial charge is 0.117 e. The lowest BCUT2D eigenvalue weighted by Gasteiger charge is -1.94. The number of fused-ring (bicyclic) bond motifs is 1.